The molecule has 0 saturated heterocycles. The standard InChI is InChI=1S/C4H5F3O4P/c1-3(8)11-12(9)10-2-4(5,6)7/h2H2,1H3/q+1. The minimum atomic E-state index is -4.58. The summed E-state index contributed by atoms with van der Waals surface area (Å²) in [7, 11) is -3.00. The average Bonchev–Trinajstić information content (AvgIpc) is 1.80. The van der Waals surface area contributed by atoms with E-state index in [1.54, 1.807) is 0 Å². The molecule has 8 heteroatoms. The fraction of sp³-hybridized carbons (Fsp3) is 0.750. The molecule has 70 valence electrons. The first-order valence-electron chi connectivity index (χ1n) is 2.67. The molecule has 1 unspecified atom stereocenters. The molecule has 0 aromatic heterocycles. The Bertz CT molecular complexity index is 189. The minimum Gasteiger partial charge on any atom is -0.247 e. The molecule has 0 heterocycles. The van der Waals surface area contributed by atoms with E-state index < -0.39 is 27.0 Å². The topological polar surface area (TPSA) is 52.6 Å². The molecule has 4 nitrogen and oxygen atoms in total. The fourth-order valence-electron chi connectivity index (χ4n) is 0.257. The zero-order valence-corrected chi connectivity index (χ0v) is 6.82. The molecule has 0 amide bonds. The molecule has 0 N–H and O–H groups in total. The van der Waals surface area contributed by atoms with Gasteiger partial charge in [-0.15, -0.1) is 4.52 Å². The maximum absolute atomic E-state index is 11.4. The van der Waals surface area contributed by atoms with Gasteiger partial charge in [-0.1, -0.05) is 0 Å². The van der Waals surface area contributed by atoms with Crippen LogP contribution in [-0.2, 0) is 18.4 Å². The number of carbonyl (C=O) groups excluding carboxylic acids is 1. The molecule has 0 aliphatic carbocycles. The highest BCUT2D eigenvalue weighted by Crippen LogP contribution is 2.27. The van der Waals surface area contributed by atoms with Crippen molar-refractivity contribution in [3.63, 3.8) is 0 Å². The second-order valence-corrected chi connectivity index (χ2v) is 2.58. The first kappa shape index (κ1) is 11.3. The van der Waals surface area contributed by atoms with Gasteiger partial charge in [0, 0.05) is 11.5 Å². The summed E-state index contributed by atoms with van der Waals surface area (Å²) >= 11 is 0. The van der Waals surface area contributed by atoms with Crippen molar-refractivity contribution in [2.24, 2.45) is 0 Å². The van der Waals surface area contributed by atoms with Gasteiger partial charge in [0.1, 0.15) is 0 Å². The second kappa shape index (κ2) is 4.37. The monoisotopic (exact) mass is 205 g/mol. The van der Waals surface area contributed by atoms with Crippen molar-refractivity contribution in [2.75, 3.05) is 6.61 Å². The summed E-state index contributed by atoms with van der Waals surface area (Å²) in [6.07, 6.45) is -4.58. The van der Waals surface area contributed by atoms with E-state index in [-0.39, 0.29) is 0 Å². The normalized spacial score (nSPS) is 12.5. The van der Waals surface area contributed by atoms with Crippen LogP contribution in [0, 0.1) is 0 Å². The van der Waals surface area contributed by atoms with Gasteiger partial charge in [0.2, 0.25) is 6.61 Å². The van der Waals surface area contributed by atoms with Gasteiger partial charge < -0.3 is 0 Å². The smallest absolute Gasteiger partial charge is 0.247 e. The minimum absolute atomic E-state index is 0.907. The molecular formula is C4H5F3O4P+. The second-order valence-electron chi connectivity index (χ2n) is 1.70. The Kier molecular flexibility index (Phi) is 4.12. The van der Waals surface area contributed by atoms with E-state index in [0.29, 0.717) is 0 Å². The molecule has 1 atom stereocenters. The van der Waals surface area contributed by atoms with Gasteiger partial charge in [-0.3, -0.25) is 0 Å². The van der Waals surface area contributed by atoms with Crippen molar-refractivity contribution in [3.8, 4) is 0 Å². The van der Waals surface area contributed by atoms with E-state index in [1.165, 1.54) is 0 Å². The predicted molar refractivity (Wildman–Crippen MR) is 31.4 cm³/mol. The van der Waals surface area contributed by atoms with Gasteiger partial charge in [-0.25, -0.2) is 4.79 Å². The molecular weight excluding hydrogens is 200 g/mol. The summed E-state index contributed by atoms with van der Waals surface area (Å²) in [6, 6.07) is 0. The van der Waals surface area contributed by atoms with Gasteiger partial charge in [0.05, 0.1) is 0 Å². The van der Waals surface area contributed by atoms with Gasteiger partial charge in [-0.05, 0) is 0 Å². The summed E-state index contributed by atoms with van der Waals surface area (Å²) in [5.41, 5.74) is 0. The molecule has 12 heavy (non-hydrogen) atoms. The Balaban J connectivity index is 3.65. The van der Waals surface area contributed by atoms with Crippen LogP contribution in [-0.4, -0.2) is 18.8 Å². The van der Waals surface area contributed by atoms with E-state index in [1.807, 2.05) is 0 Å². The van der Waals surface area contributed by atoms with Crippen LogP contribution in [0.15, 0.2) is 0 Å². The Morgan fingerprint density at radius 2 is 2.00 bits per heavy atom. The van der Waals surface area contributed by atoms with Crippen LogP contribution in [0.1, 0.15) is 6.92 Å². The highest BCUT2D eigenvalue weighted by molar-refractivity contribution is 7.34. The molecule has 0 saturated carbocycles. The number of rotatable bonds is 3. The van der Waals surface area contributed by atoms with Crippen molar-refractivity contribution in [3.05, 3.63) is 0 Å². The van der Waals surface area contributed by atoms with Crippen LogP contribution in [0.2, 0.25) is 0 Å². The molecule has 0 radical (unpaired) electrons. The Morgan fingerprint density at radius 1 is 1.50 bits per heavy atom. The van der Waals surface area contributed by atoms with E-state index in [2.05, 4.69) is 9.05 Å². The Labute approximate surface area is 66.6 Å². The molecule has 0 aromatic carbocycles. The first-order valence-corrected chi connectivity index (χ1v) is 3.76. The van der Waals surface area contributed by atoms with E-state index in [4.69, 9.17) is 0 Å². The summed E-state index contributed by atoms with van der Waals surface area (Å²) in [5.74, 6) is -0.960. The number of hydrogen-bond acceptors (Lipinski definition) is 4. The summed E-state index contributed by atoms with van der Waals surface area (Å²) < 4.78 is 51.8. The van der Waals surface area contributed by atoms with Crippen LogP contribution < -0.4 is 0 Å². The van der Waals surface area contributed by atoms with Crippen LogP contribution in [0.25, 0.3) is 0 Å². The third-order valence-corrected chi connectivity index (χ3v) is 1.28. The lowest BCUT2D eigenvalue weighted by atomic mass is 10.7. The number of carbonyl (C=O) groups is 1. The number of alkyl halides is 3. The fourth-order valence-corrected chi connectivity index (χ4v) is 0.772. The van der Waals surface area contributed by atoms with E-state index >= 15 is 0 Å². The van der Waals surface area contributed by atoms with Crippen LogP contribution >= 0.6 is 8.25 Å². The quantitative estimate of drug-likeness (QED) is 0.659. The van der Waals surface area contributed by atoms with Crippen LogP contribution in [0.4, 0.5) is 13.2 Å². The van der Waals surface area contributed by atoms with E-state index in [0.717, 1.165) is 6.92 Å². The lowest BCUT2D eigenvalue weighted by Crippen LogP contribution is -2.14. The first-order chi connectivity index (χ1) is 5.31. The van der Waals surface area contributed by atoms with Crippen LogP contribution in [0.3, 0.4) is 0 Å². The molecule has 0 aliphatic heterocycles. The number of halogens is 3. The average molecular weight is 205 g/mol. The van der Waals surface area contributed by atoms with Gasteiger partial charge in [0.15, 0.2) is 0 Å². The third-order valence-electron chi connectivity index (χ3n) is 0.537. The summed E-state index contributed by atoms with van der Waals surface area (Å²) in [6.45, 7) is -0.792. The largest absolute Gasteiger partial charge is 0.753 e. The molecule has 0 rings (SSSR count). The Morgan fingerprint density at radius 3 is 2.33 bits per heavy atom. The maximum Gasteiger partial charge on any atom is 0.753 e. The molecule has 0 fully saturated rings. The van der Waals surface area contributed by atoms with Crippen LogP contribution in [0.5, 0.6) is 0 Å². The van der Waals surface area contributed by atoms with Gasteiger partial charge in [-0.2, -0.15) is 17.7 Å². The van der Waals surface area contributed by atoms with Crippen molar-refractivity contribution in [2.45, 2.75) is 13.1 Å². The van der Waals surface area contributed by atoms with Crippen molar-refractivity contribution in [1.82, 2.24) is 0 Å². The summed E-state index contributed by atoms with van der Waals surface area (Å²) in [5, 5.41) is 0. The molecule has 0 spiro atoms. The lowest BCUT2D eigenvalue weighted by molar-refractivity contribution is -0.155. The lowest BCUT2D eigenvalue weighted by Gasteiger charge is -1.97. The van der Waals surface area contributed by atoms with Gasteiger partial charge in [0.25, 0.3) is 0 Å². The number of hydrogen-bond donors (Lipinski definition) is 0. The summed E-state index contributed by atoms with van der Waals surface area (Å²) in [4.78, 5) is 10.0. The van der Waals surface area contributed by atoms with Crippen molar-refractivity contribution in [1.29, 1.82) is 0 Å². The highest BCUT2D eigenvalue weighted by atomic mass is 31.1. The highest BCUT2D eigenvalue weighted by Gasteiger charge is 2.36. The van der Waals surface area contributed by atoms with E-state index in [9.17, 15) is 22.5 Å². The maximum atomic E-state index is 11.4. The Hall–Kier alpha value is -0.680. The van der Waals surface area contributed by atoms with Crippen molar-refractivity contribution >= 4 is 14.2 Å². The zero-order chi connectivity index (χ0) is 9.78. The third kappa shape index (κ3) is 7.43. The van der Waals surface area contributed by atoms with Gasteiger partial charge >= 0.3 is 20.4 Å². The van der Waals surface area contributed by atoms with Crippen molar-refractivity contribution < 1.29 is 31.6 Å². The molecule has 0 aromatic rings. The SMILES string of the molecule is CC(=O)O[P+](=O)OCC(F)(F)F. The zero-order valence-electron chi connectivity index (χ0n) is 5.92. The molecule has 0 bridgehead atoms. The predicted octanol–water partition coefficient (Wildman–Crippen LogP) is 1.79. The molecule has 0 aliphatic rings.